The highest BCUT2D eigenvalue weighted by Crippen LogP contribution is 2.23. The molecule has 0 heterocycles. The van der Waals surface area contributed by atoms with Crippen LogP contribution in [-0.4, -0.2) is 11.5 Å². The number of benzene rings is 2. The SMILES string of the molecule is N#Cc1ccc(C(=O)CSc2cc(F)ccc2F)cc1. The molecule has 0 fully saturated rings. The first kappa shape index (κ1) is 14.2. The molecule has 0 saturated carbocycles. The van der Waals surface area contributed by atoms with Gasteiger partial charge in [-0.15, -0.1) is 11.8 Å². The highest BCUT2D eigenvalue weighted by molar-refractivity contribution is 8.00. The van der Waals surface area contributed by atoms with E-state index in [4.69, 9.17) is 5.26 Å². The maximum Gasteiger partial charge on any atom is 0.173 e. The fourth-order valence-electron chi connectivity index (χ4n) is 1.55. The number of Topliss-reactive ketones (excluding diaryl/α,β-unsaturated/α-hetero) is 1. The summed E-state index contributed by atoms with van der Waals surface area (Å²) in [7, 11) is 0. The topological polar surface area (TPSA) is 40.9 Å². The van der Waals surface area contributed by atoms with Crippen molar-refractivity contribution in [1.82, 2.24) is 0 Å². The number of carbonyl (C=O) groups is 1. The van der Waals surface area contributed by atoms with Crippen molar-refractivity contribution in [3.05, 3.63) is 65.2 Å². The minimum absolute atomic E-state index is 0.00622. The van der Waals surface area contributed by atoms with E-state index in [1.165, 1.54) is 0 Å². The van der Waals surface area contributed by atoms with Crippen molar-refractivity contribution in [3.63, 3.8) is 0 Å². The molecule has 0 aliphatic heterocycles. The summed E-state index contributed by atoms with van der Waals surface area (Å²) >= 11 is 0.945. The number of halogens is 2. The number of rotatable bonds is 4. The van der Waals surface area contributed by atoms with Gasteiger partial charge < -0.3 is 0 Å². The fraction of sp³-hybridized carbons (Fsp3) is 0.0667. The van der Waals surface area contributed by atoms with Crippen LogP contribution in [0.1, 0.15) is 15.9 Å². The first-order chi connectivity index (χ1) is 9.60. The summed E-state index contributed by atoms with van der Waals surface area (Å²) in [4.78, 5) is 12.0. The predicted octanol–water partition coefficient (Wildman–Crippen LogP) is 3.81. The van der Waals surface area contributed by atoms with Gasteiger partial charge >= 0.3 is 0 Å². The van der Waals surface area contributed by atoms with Crippen molar-refractivity contribution in [3.8, 4) is 6.07 Å². The lowest BCUT2D eigenvalue weighted by Crippen LogP contribution is -2.02. The molecule has 20 heavy (non-hydrogen) atoms. The van der Waals surface area contributed by atoms with E-state index in [-0.39, 0.29) is 16.4 Å². The van der Waals surface area contributed by atoms with Crippen molar-refractivity contribution in [2.24, 2.45) is 0 Å². The van der Waals surface area contributed by atoms with Crippen molar-refractivity contribution < 1.29 is 13.6 Å². The lowest BCUT2D eigenvalue weighted by molar-refractivity contribution is 0.102. The minimum atomic E-state index is -0.552. The van der Waals surface area contributed by atoms with Crippen LogP contribution in [0.15, 0.2) is 47.4 Å². The number of nitriles is 1. The summed E-state index contributed by atoms with van der Waals surface area (Å²) in [5.74, 6) is -1.29. The molecule has 0 atom stereocenters. The van der Waals surface area contributed by atoms with Crippen molar-refractivity contribution in [2.75, 3.05) is 5.75 Å². The van der Waals surface area contributed by atoms with Crippen molar-refractivity contribution >= 4 is 17.5 Å². The molecule has 0 aliphatic carbocycles. The van der Waals surface area contributed by atoms with Crippen LogP contribution < -0.4 is 0 Å². The number of hydrogen-bond acceptors (Lipinski definition) is 3. The normalized spacial score (nSPS) is 10.1. The third-order valence-electron chi connectivity index (χ3n) is 2.59. The predicted molar refractivity (Wildman–Crippen MR) is 72.6 cm³/mol. The largest absolute Gasteiger partial charge is 0.293 e. The Kier molecular flexibility index (Phi) is 4.49. The summed E-state index contributed by atoms with van der Waals surface area (Å²) in [6, 6.07) is 11.3. The van der Waals surface area contributed by atoms with Gasteiger partial charge in [-0.2, -0.15) is 5.26 Å². The van der Waals surface area contributed by atoms with Gasteiger partial charge in [-0.05, 0) is 30.3 Å². The Bertz CT molecular complexity index is 677. The monoisotopic (exact) mass is 289 g/mol. The van der Waals surface area contributed by atoms with Gasteiger partial charge in [-0.3, -0.25) is 4.79 Å². The Morgan fingerprint density at radius 2 is 1.85 bits per heavy atom. The van der Waals surface area contributed by atoms with Crippen LogP contribution in [0.25, 0.3) is 0 Å². The molecule has 2 aromatic carbocycles. The van der Waals surface area contributed by atoms with E-state index in [0.717, 1.165) is 30.0 Å². The molecule has 0 unspecified atom stereocenters. The molecule has 0 spiro atoms. The summed E-state index contributed by atoms with van der Waals surface area (Å²) in [6.45, 7) is 0. The molecular formula is C15H9F2NOS. The Balaban J connectivity index is 2.04. The number of ketones is 1. The molecule has 0 amide bonds. The maximum atomic E-state index is 13.4. The third-order valence-corrected chi connectivity index (χ3v) is 3.62. The highest BCUT2D eigenvalue weighted by Gasteiger charge is 2.10. The van der Waals surface area contributed by atoms with Gasteiger partial charge in [0.1, 0.15) is 11.6 Å². The molecule has 0 radical (unpaired) electrons. The summed E-state index contributed by atoms with van der Waals surface area (Å²) in [6.07, 6.45) is 0. The molecule has 0 aliphatic rings. The molecule has 0 aromatic heterocycles. The van der Waals surface area contributed by atoms with Crippen LogP contribution in [0.3, 0.4) is 0 Å². The average Bonchev–Trinajstić information content (AvgIpc) is 2.48. The van der Waals surface area contributed by atoms with E-state index in [0.29, 0.717) is 11.1 Å². The second-order valence-electron chi connectivity index (χ2n) is 3.98. The Labute approximate surface area is 119 Å². The molecule has 2 nitrogen and oxygen atoms in total. The second-order valence-corrected chi connectivity index (χ2v) is 4.99. The van der Waals surface area contributed by atoms with Crippen LogP contribution in [0.2, 0.25) is 0 Å². The Hall–Kier alpha value is -2.19. The molecule has 0 N–H and O–H groups in total. The summed E-state index contributed by atoms with van der Waals surface area (Å²) in [5.41, 5.74) is 0.902. The van der Waals surface area contributed by atoms with Gasteiger partial charge in [0.2, 0.25) is 0 Å². The van der Waals surface area contributed by atoms with E-state index < -0.39 is 11.6 Å². The first-order valence-electron chi connectivity index (χ1n) is 5.71. The van der Waals surface area contributed by atoms with E-state index >= 15 is 0 Å². The zero-order valence-corrected chi connectivity index (χ0v) is 11.1. The van der Waals surface area contributed by atoms with Crippen molar-refractivity contribution in [1.29, 1.82) is 5.26 Å². The molecule has 0 bridgehead atoms. The fourth-order valence-corrected chi connectivity index (χ4v) is 2.40. The average molecular weight is 289 g/mol. The Morgan fingerprint density at radius 1 is 1.15 bits per heavy atom. The summed E-state index contributed by atoms with van der Waals surface area (Å²) < 4.78 is 26.4. The number of hydrogen-bond donors (Lipinski definition) is 0. The molecule has 0 saturated heterocycles. The maximum absolute atomic E-state index is 13.4. The van der Waals surface area contributed by atoms with Gasteiger partial charge in [-0.25, -0.2) is 8.78 Å². The van der Waals surface area contributed by atoms with E-state index in [9.17, 15) is 13.6 Å². The number of thioether (sulfide) groups is 1. The zero-order valence-electron chi connectivity index (χ0n) is 10.3. The van der Waals surface area contributed by atoms with Crippen LogP contribution in [-0.2, 0) is 0 Å². The molecule has 5 heteroatoms. The lowest BCUT2D eigenvalue weighted by atomic mass is 10.1. The van der Waals surface area contributed by atoms with Gasteiger partial charge in [0.25, 0.3) is 0 Å². The molecular weight excluding hydrogens is 280 g/mol. The van der Waals surface area contributed by atoms with E-state index in [1.807, 2.05) is 6.07 Å². The number of nitrogens with zero attached hydrogens (tertiary/aromatic N) is 1. The van der Waals surface area contributed by atoms with Crippen LogP contribution in [0, 0.1) is 23.0 Å². The molecule has 2 aromatic rings. The summed E-state index contributed by atoms with van der Waals surface area (Å²) in [5, 5.41) is 8.66. The van der Waals surface area contributed by atoms with E-state index in [1.54, 1.807) is 24.3 Å². The third kappa shape index (κ3) is 3.43. The van der Waals surface area contributed by atoms with Gasteiger partial charge in [0, 0.05) is 10.5 Å². The van der Waals surface area contributed by atoms with Gasteiger partial charge in [-0.1, -0.05) is 12.1 Å². The van der Waals surface area contributed by atoms with Gasteiger partial charge in [0.15, 0.2) is 5.78 Å². The van der Waals surface area contributed by atoms with Crippen LogP contribution >= 0.6 is 11.8 Å². The van der Waals surface area contributed by atoms with Gasteiger partial charge in [0.05, 0.1) is 17.4 Å². The van der Waals surface area contributed by atoms with Crippen LogP contribution in [0.4, 0.5) is 8.78 Å². The smallest absolute Gasteiger partial charge is 0.173 e. The lowest BCUT2D eigenvalue weighted by Gasteiger charge is -2.03. The second kappa shape index (κ2) is 6.31. The quantitative estimate of drug-likeness (QED) is 0.635. The highest BCUT2D eigenvalue weighted by atomic mass is 32.2. The standard InChI is InChI=1S/C15H9F2NOS/c16-12-5-6-13(17)15(7-12)20-9-14(19)11-3-1-10(8-18)2-4-11/h1-7H,9H2. The van der Waals surface area contributed by atoms with Crippen LogP contribution in [0.5, 0.6) is 0 Å². The number of carbonyl (C=O) groups excluding carboxylic acids is 1. The molecule has 100 valence electrons. The molecule has 2 rings (SSSR count). The van der Waals surface area contributed by atoms with E-state index in [2.05, 4.69) is 0 Å². The van der Waals surface area contributed by atoms with Crippen molar-refractivity contribution in [2.45, 2.75) is 4.90 Å². The minimum Gasteiger partial charge on any atom is -0.293 e. The first-order valence-corrected chi connectivity index (χ1v) is 6.70. The zero-order chi connectivity index (χ0) is 14.5. The Morgan fingerprint density at radius 3 is 2.50 bits per heavy atom.